The van der Waals surface area contributed by atoms with Gasteiger partial charge >= 0.3 is 6.09 Å². The van der Waals surface area contributed by atoms with Gasteiger partial charge in [0.05, 0.1) is 12.3 Å². The lowest BCUT2D eigenvalue weighted by Gasteiger charge is -2.21. The molecular formula is C13H16BrFN2O3. The van der Waals surface area contributed by atoms with Gasteiger partial charge in [-0.2, -0.15) is 0 Å². The second-order valence-corrected chi connectivity index (χ2v) is 6.24. The van der Waals surface area contributed by atoms with Crippen LogP contribution in [0, 0.1) is 5.82 Å². The average molecular weight is 347 g/mol. The van der Waals surface area contributed by atoms with E-state index in [9.17, 15) is 9.18 Å². The first-order chi connectivity index (χ1) is 9.28. The Morgan fingerprint density at radius 1 is 1.50 bits per heavy atom. The van der Waals surface area contributed by atoms with Gasteiger partial charge in [0.15, 0.2) is 17.4 Å². The van der Waals surface area contributed by atoms with Crippen LogP contribution in [0.1, 0.15) is 32.9 Å². The number of pyridine rings is 1. The molecule has 2 heterocycles. The highest BCUT2D eigenvalue weighted by Gasteiger charge is 2.24. The van der Waals surface area contributed by atoms with Gasteiger partial charge in [0.25, 0.3) is 0 Å². The fourth-order valence-electron chi connectivity index (χ4n) is 1.78. The summed E-state index contributed by atoms with van der Waals surface area (Å²) in [7, 11) is 0. The number of halogens is 2. The maximum absolute atomic E-state index is 14.1. The first kappa shape index (κ1) is 15.0. The van der Waals surface area contributed by atoms with Crippen LogP contribution in [0.2, 0.25) is 0 Å². The zero-order valence-corrected chi connectivity index (χ0v) is 13.1. The summed E-state index contributed by atoms with van der Waals surface area (Å²) in [5.41, 5.74) is -0.0367. The summed E-state index contributed by atoms with van der Waals surface area (Å²) in [5.74, 6) is -0.421. The molecule has 20 heavy (non-hydrogen) atoms. The number of anilines is 1. The molecular weight excluding hydrogens is 331 g/mol. The Hall–Kier alpha value is -1.37. The van der Waals surface area contributed by atoms with Crippen molar-refractivity contribution in [3.63, 3.8) is 0 Å². The van der Waals surface area contributed by atoms with E-state index in [-0.39, 0.29) is 10.3 Å². The number of rotatable bonds is 1. The molecule has 1 aliphatic rings. The minimum Gasteiger partial charge on any atom is -0.490 e. The predicted octanol–water partition coefficient (Wildman–Crippen LogP) is 3.66. The molecule has 1 aromatic heterocycles. The predicted molar refractivity (Wildman–Crippen MR) is 75.6 cm³/mol. The van der Waals surface area contributed by atoms with Crippen LogP contribution in [-0.4, -0.2) is 23.3 Å². The van der Waals surface area contributed by atoms with Crippen LogP contribution in [0.15, 0.2) is 4.47 Å². The number of carbonyl (C=O) groups is 1. The molecule has 0 aliphatic carbocycles. The highest BCUT2D eigenvalue weighted by molar-refractivity contribution is 9.10. The molecule has 0 bridgehead atoms. The molecule has 5 nitrogen and oxygen atoms in total. The Balaban J connectivity index is 2.24. The Morgan fingerprint density at radius 3 is 2.85 bits per heavy atom. The summed E-state index contributed by atoms with van der Waals surface area (Å²) in [6.07, 6.45) is 0.744. The third kappa shape index (κ3) is 3.39. The number of aromatic nitrogens is 1. The second-order valence-electron chi connectivity index (χ2n) is 5.44. The van der Waals surface area contributed by atoms with Crippen LogP contribution in [0.25, 0.3) is 0 Å². The fraction of sp³-hybridized carbons (Fsp3) is 0.538. The molecule has 7 heteroatoms. The van der Waals surface area contributed by atoms with Crippen molar-refractivity contribution in [2.24, 2.45) is 0 Å². The van der Waals surface area contributed by atoms with Crippen LogP contribution in [0.4, 0.5) is 15.0 Å². The molecule has 0 unspecified atom stereocenters. The van der Waals surface area contributed by atoms with Crippen LogP contribution >= 0.6 is 15.9 Å². The highest BCUT2D eigenvalue weighted by Crippen LogP contribution is 2.36. The van der Waals surface area contributed by atoms with E-state index in [0.29, 0.717) is 24.5 Å². The molecule has 1 aromatic rings. The lowest BCUT2D eigenvalue weighted by molar-refractivity contribution is 0.0634. The van der Waals surface area contributed by atoms with Gasteiger partial charge in [-0.25, -0.2) is 14.2 Å². The number of carbonyl (C=O) groups excluding carboxylic acids is 1. The fourth-order valence-corrected chi connectivity index (χ4v) is 2.31. The van der Waals surface area contributed by atoms with Crippen LogP contribution in [-0.2, 0) is 11.2 Å². The monoisotopic (exact) mass is 346 g/mol. The molecule has 0 aromatic carbocycles. The van der Waals surface area contributed by atoms with E-state index < -0.39 is 17.5 Å². The molecule has 110 valence electrons. The number of hydrogen-bond donors (Lipinski definition) is 1. The summed E-state index contributed by atoms with van der Waals surface area (Å²) in [6, 6.07) is 0. The number of amides is 1. The molecule has 0 atom stereocenters. The number of aryl methyl sites for hydroxylation is 1. The number of nitrogens with zero attached hydrogens (tertiary/aromatic N) is 1. The molecule has 0 radical (unpaired) electrons. The molecule has 1 N–H and O–H groups in total. The topological polar surface area (TPSA) is 60.5 Å². The highest BCUT2D eigenvalue weighted by atomic mass is 79.9. The van der Waals surface area contributed by atoms with Crippen molar-refractivity contribution >= 4 is 27.8 Å². The van der Waals surface area contributed by atoms with Gasteiger partial charge < -0.3 is 9.47 Å². The van der Waals surface area contributed by atoms with E-state index in [1.54, 1.807) is 20.8 Å². The van der Waals surface area contributed by atoms with Crippen LogP contribution in [0.3, 0.4) is 0 Å². The van der Waals surface area contributed by atoms with Crippen molar-refractivity contribution in [1.82, 2.24) is 4.98 Å². The molecule has 0 saturated carbocycles. The number of hydrogen-bond acceptors (Lipinski definition) is 4. The summed E-state index contributed by atoms with van der Waals surface area (Å²) in [6.45, 7) is 5.72. The van der Waals surface area contributed by atoms with Crippen molar-refractivity contribution in [3.8, 4) is 5.75 Å². The van der Waals surface area contributed by atoms with Gasteiger partial charge in [-0.1, -0.05) is 0 Å². The van der Waals surface area contributed by atoms with Crippen LogP contribution < -0.4 is 10.1 Å². The molecule has 0 spiro atoms. The molecule has 0 saturated heterocycles. The number of nitrogens with one attached hydrogen (secondary N) is 1. The average Bonchev–Trinajstić information content (AvgIpc) is 2.33. The lowest BCUT2D eigenvalue weighted by Crippen LogP contribution is -2.28. The summed E-state index contributed by atoms with van der Waals surface area (Å²) >= 11 is 3.14. The first-order valence-electron chi connectivity index (χ1n) is 6.28. The van der Waals surface area contributed by atoms with Crippen molar-refractivity contribution in [2.75, 3.05) is 11.9 Å². The van der Waals surface area contributed by atoms with Gasteiger partial charge in [-0.3, -0.25) is 5.32 Å². The van der Waals surface area contributed by atoms with Crippen molar-refractivity contribution in [1.29, 1.82) is 0 Å². The smallest absolute Gasteiger partial charge is 0.413 e. The minimum atomic E-state index is -0.743. The summed E-state index contributed by atoms with van der Waals surface area (Å²) in [5, 5.41) is 2.32. The van der Waals surface area contributed by atoms with Gasteiger partial charge in [-0.15, -0.1) is 0 Å². The van der Waals surface area contributed by atoms with E-state index in [1.165, 1.54) is 0 Å². The SMILES string of the molecule is CC(C)(C)OC(=O)Nc1nc2c(c(Br)c1F)OCCC2. The van der Waals surface area contributed by atoms with Gasteiger partial charge in [-0.05, 0) is 49.5 Å². The summed E-state index contributed by atoms with van der Waals surface area (Å²) in [4.78, 5) is 15.8. The third-order valence-corrected chi connectivity index (χ3v) is 3.24. The van der Waals surface area contributed by atoms with Gasteiger partial charge in [0.2, 0.25) is 0 Å². The van der Waals surface area contributed by atoms with Crippen molar-refractivity contribution in [3.05, 3.63) is 16.0 Å². The zero-order chi connectivity index (χ0) is 14.9. The first-order valence-corrected chi connectivity index (χ1v) is 7.08. The largest absolute Gasteiger partial charge is 0.490 e. The van der Waals surface area contributed by atoms with Gasteiger partial charge in [0, 0.05) is 0 Å². The minimum absolute atomic E-state index is 0.157. The Bertz CT molecular complexity index is 543. The van der Waals surface area contributed by atoms with E-state index in [2.05, 4.69) is 26.2 Å². The molecule has 1 amide bonds. The van der Waals surface area contributed by atoms with Crippen LogP contribution in [0.5, 0.6) is 5.75 Å². The van der Waals surface area contributed by atoms with Gasteiger partial charge in [0.1, 0.15) is 10.1 Å². The quantitative estimate of drug-likeness (QED) is 0.842. The van der Waals surface area contributed by atoms with E-state index in [0.717, 1.165) is 6.42 Å². The maximum atomic E-state index is 14.1. The molecule has 2 rings (SSSR count). The standard InChI is InChI=1S/C13H16BrFN2O3/c1-13(2,3)20-12(18)17-11-9(15)8(14)10-7(16-11)5-4-6-19-10/h4-6H2,1-3H3,(H,16,17,18). The number of fused-ring (bicyclic) bond motifs is 1. The lowest BCUT2D eigenvalue weighted by atomic mass is 10.1. The van der Waals surface area contributed by atoms with Crippen molar-refractivity contribution < 1.29 is 18.7 Å². The second kappa shape index (κ2) is 5.55. The zero-order valence-electron chi connectivity index (χ0n) is 11.5. The normalized spacial score (nSPS) is 14.2. The maximum Gasteiger partial charge on any atom is 0.413 e. The molecule has 1 aliphatic heterocycles. The Labute approximate surface area is 125 Å². The third-order valence-electron chi connectivity index (χ3n) is 2.53. The van der Waals surface area contributed by atoms with E-state index in [1.807, 2.05) is 0 Å². The van der Waals surface area contributed by atoms with Crippen molar-refractivity contribution in [2.45, 2.75) is 39.2 Å². The molecule has 0 fully saturated rings. The number of ether oxygens (including phenoxy) is 2. The summed E-state index contributed by atoms with van der Waals surface area (Å²) < 4.78 is 24.8. The Morgan fingerprint density at radius 2 is 2.20 bits per heavy atom. The van der Waals surface area contributed by atoms with E-state index in [4.69, 9.17) is 9.47 Å². The van der Waals surface area contributed by atoms with E-state index >= 15 is 0 Å². The Kier molecular flexibility index (Phi) is 4.17.